The fourth-order valence-electron chi connectivity index (χ4n) is 3.76. The summed E-state index contributed by atoms with van der Waals surface area (Å²) >= 11 is 6.12. The second-order valence-corrected chi connectivity index (χ2v) is 8.72. The lowest BCUT2D eigenvalue weighted by atomic mass is 10.0. The van der Waals surface area contributed by atoms with E-state index < -0.39 is 5.97 Å². The fourth-order valence-corrected chi connectivity index (χ4v) is 3.92. The highest BCUT2D eigenvalue weighted by Crippen LogP contribution is 2.35. The Labute approximate surface area is 185 Å². The van der Waals surface area contributed by atoms with Crippen LogP contribution in [0.4, 0.5) is 5.82 Å². The number of aromatic carboxylic acids is 1. The number of nitrogens with zero attached hydrogens (tertiary/aromatic N) is 3. The third-order valence-electron chi connectivity index (χ3n) is 5.42. The van der Waals surface area contributed by atoms with Crippen molar-refractivity contribution in [1.29, 1.82) is 0 Å². The second-order valence-electron chi connectivity index (χ2n) is 8.29. The van der Waals surface area contributed by atoms with Gasteiger partial charge in [0, 0.05) is 29.6 Å². The molecule has 1 unspecified atom stereocenters. The van der Waals surface area contributed by atoms with Crippen LogP contribution in [-0.2, 0) is 0 Å². The van der Waals surface area contributed by atoms with E-state index in [2.05, 4.69) is 25.7 Å². The molecule has 0 spiro atoms. The van der Waals surface area contributed by atoms with Gasteiger partial charge in [-0.15, -0.1) is 0 Å². The van der Waals surface area contributed by atoms with Crippen LogP contribution in [0.15, 0.2) is 46.9 Å². The Morgan fingerprint density at radius 2 is 1.87 bits per heavy atom. The van der Waals surface area contributed by atoms with Crippen LogP contribution in [0.3, 0.4) is 0 Å². The molecule has 7 heteroatoms. The van der Waals surface area contributed by atoms with Gasteiger partial charge < -0.3 is 14.4 Å². The Bertz CT molecular complexity index is 1280. The second kappa shape index (κ2) is 8.19. The van der Waals surface area contributed by atoms with Gasteiger partial charge >= 0.3 is 5.97 Å². The number of aromatic nitrogens is 2. The van der Waals surface area contributed by atoms with Gasteiger partial charge in [-0.2, -0.15) is 0 Å². The van der Waals surface area contributed by atoms with Crippen LogP contribution < -0.4 is 4.90 Å². The summed E-state index contributed by atoms with van der Waals surface area (Å²) in [5.74, 6) is 0.757. The maximum absolute atomic E-state index is 11.4. The SMILES string of the molecule is CC(C)CC(C)N(C)c1nc2cc(C(=O)O)ccc2nc1-c1cc2ccc(Cl)cc2o1. The Hall–Kier alpha value is -3.12. The molecule has 31 heavy (non-hydrogen) atoms. The van der Waals surface area contributed by atoms with Crippen molar-refractivity contribution in [2.24, 2.45) is 5.92 Å². The van der Waals surface area contributed by atoms with Crippen molar-refractivity contribution in [1.82, 2.24) is 9.97 Å². The van der Waals surface area contributed by atoms with Crippen molar-refractivity contribution in [3.63, 3.8) is 0 Å². The third kappa shape index (κ3) is 4.21. The van der Waals surface area contributed by atoms with Gasteiger partial charge in [-0.3, -0.25) is 0 Å². The largest absolute Gasteiger partial charge is 0.478 e. The Morgan fingerprint density at radius 1 is 1.10 bits per heavy atom. The summed E-state index contributed by atoms with van der Waals surface area (Å²) in [5, 5.41) is 10.9. The lowest BCUT2D eigenvalue weighted by Gasteiger charge is -2.28. The summed E-state index contributed by atoms with van der Waals surface area (Å²) in [6.07, 6.45) is 0.973. The molecular formula is C24H24ClN3O3. The zero-order chi connectivity index (χ0) is 22.3. The van der Waals surface area contributed by atoms with Gasteiger partial charge in [0.1, 0.15) is 11.3 Å². The first-order valence-corrected chi connectivity index (χ1v) is 10.6. The van der Waals surface area contributed by atoms with Crippen LogP contribution in [0.2, 0.25) is 5.02 Å². The van der Waals surface area contributed by atoms with E-state index in [0.717, 1.165) is 11.8 Å². The number of carboxylic acid groups (broad SMARTS) is 1. The van der Waals surface area contributed by atoms with E-state index in [1.807, 2.05) is 25.2 Å². The van der Waals surface area contributed by atoms with E-state index in [1.165, 1.54) is 6.07 Å². The summed E-state index contributed by atoms with van der Waals surface area (Å²) in [4.78, 5) is 23.1. The molecule has 0 amide bonds. The van der Waals surface area contributed by atoms with Gasteiger partial charge in [0.05, 0.1) is 16.6 Å². The molecule has 0 radical (unpaired) electrons. The molecule has 0 aliphatic rings. The molecule has 0 aliphatic carbocycles. The van der Waals surface area contributed by atoms with Gasteiger partial charge in [-0.25, -0.2) is 14.8 Å². The molecule has 160 valence electrons. The lowest BCUT2D eigenvalue weighted by molar-refractivity contribution is 0.0697. The number of hydrogen-bond donors (Lipinski definition) is 1. The van der Waals surface area contributed by atoms with Gasteiger partial charge in [-0.05, 0) is 55.7 Å². The molecule has 2 aromatic heterocycles. The zero-order valence-corrected chi connectivity index (χ0v) is 18.6. The first-order chi connectivity index (χ1) is 14.7. The molecule has 4 aromatic rings. The molecule has 0 aliphatic heterocycles. The standard InChI is InChI=1S/C24H24ClN3O3/c1-13(2)9-14(3)28(4)23-22(21-11-15-5-7-17(25)12-20(15)31-21)26-18-8-6-16(24(29)30)10-19(18)27-23/h5-8,10-14H,9H2,1-4H3,(H,29,30). The van der Waals surface area contributed by atoms with Crippen molar-refractivity contribution < 1.29 is 14.3 Å². The van der Waals surface area contributed by atoms with Crippen LogP contribution in [-0.4, -0.2) is 34.1 Å². The molecule has 2 heterocycles. The Kier molecular flexibility index (Phi) is 5.58. The highest BCUT2D eigenvalue weighted by Gasteiger charge is 2.22. The van der Waals surface area contributed by atoms with Crippen molar-refractivity contribution in [3.05, 3.63) is 53.1 Å². The first kappa shape index (κ1) is 21.1. The minimum absolute atomic E-state index is 0.178. The predicted octanol–water partition coefficient (Wildman–Crippen LogP) is 6.27. The zero-order valence-electron chi connectivity index (χ0n) is 17.9. The fraction of sp³-hybridized carbons (Fsp3) is 0.292. The van der Waals surface area contributed by atoms with Crippen LogP contribution in [0.1, 0.15) is 37.6 Å². The number of halogens is 1. The summed E-state index contributed by atoms with van der Waals surface area (Å²) in [6.45, 7) is 6.50. The monoisotopic (exact) mass is 437 g/mol. The molecule has 4 rings (SSSR count). The van der Waals surface area contributed by atoms with Gasteiger partial charge in [0.15, 0.2) is 11.6 Å². The highest BCUT2D eigenvalue weighted by molar-refractivity contribution is 6.31. The summed E-state index contributed by atoms with van der Waals surface area (Å²) in [7, 11) is 1.98. The quantitative estimate of drug-likeness (QED) is 0.383. The molecule has 1 N–H and O–H groups in total. The number of furan rings is 1. The van der Waals surface area contributed by atoms with Crippen LogP contribution in [0, 0.1) is 5.92 Å². The van der Waals surface area contributed by atoms with Gasteiger partial charge in [0.25, 0.3) is 0 Å². The van der Waals surface area contributed by atoms with E-state index >= 15 is 0 Å². The summed E-state index contributed by atoms with van der Waals surface area (Å²) in [6, 6.07) is 12.4. The molecule has 0 fully saturated rings. The average molecular weight is 438 g/mol. The topological polar surface area (TPSA) is 79.5 Å². The Morgan fingerprint density at radius 3 is 2.58 bits per heavy atom. The number of carbonyl (C=O) groups is 1. The van der Waals surface area contributed by atoms with Crippen LogP contribution in [0.25, 0.3) is 33.5 Å². The minimum Gasteiger partial charge on any atom is -0.478 e. The predicted molar refractivity (Wildman–Crippen MR) is 124 cm³/mol. The van der Waals surface area contributed by atoms with E-state index in [1.54, 1.807) is 18.2 Å². The maximum atomic E-state index is 11.4. The van der Waals surface area contributed by atoms with E-state index in [4.69, 9.17) is 26.0 Å². The van der Waals surface area contributed by atoms with E-state index in [-0.39, 0.29) is 11.6 Å². The van der Waals surface area contributed by atoms with Crippen molar-refractivity contribution >= 4 is 45.4 Å². The smallest absolute Gasteiger partial charge is 0.335 e. The normalized spacial score (nSPS) is 12.6. The van der Waals surface area contributed by atoms with Crippen LogP contribution in [0.5, 0.6) is 0 Å². The maximum Gasteiger partial charge on any atom is 0.335 e. The highest BCUT2D eigenvalue weighted by atomic mass is 35.5. The van der Waals surface area contributed by atoms with E-state index in [0.29, 0.717) is 44.8 Å². The van der Waals surface area contributed by atoms with Gasteiger partial charge in [-0.1, -0.05) is 25.4 Å². The number of rotatable bonds is 6. The van der Waals surface area contributed by atoms with Crippen molar-refractivity contribution in [2.45, 2.75) is 33.2 Å². The van der Waals surface area contributed by atoms with Crippen molar-refractivity contribution in [2.75, 3.05) is 11.9 Å². The number of hydrogen-bond acceptors (Lipinski definition) is 5. The molecule has 6 nitrogen and oxygen atoms in total. The average Bonchev–Trinajstić information content (AvgIpc) is 3.14. The summed E-state index contributed by atoms with van der Waals surface area (Å²) < 4.78 is 6.09. The number of fused-ring (bicyclic) bond motifs is 2. The number of anilines is 1. The Balaban J connectivity index is 1.92. The van der Waals surface area contributed by atoms with Gasteiger partial charge in [0.2, 0.25) is 0 Å². The third-order valence-corrected chi connectivity index (χ3v) is 5.65. The van der Waals surface area contributed by atoms with Crippen LogP contribution >= 0.6 is 11.6 Å². The molecule has 1 atom stereocenters. The first-order valence-electron chi connectivity index (χ1n) is 10.2. The number of benzene rings is 2. The van der Waals surface area contributed by atoms with E-state index in [9.17, 15) is 9.90 Å². The molecule has 0 bridgehead atoms. The summed E-state index contributed by atoms with van der Waals surface area (Å²) in [5.41, 5.74) is 2.60. The molecule has 0 saturated heterocycles. The van der Waals surface area contributed by atoms with Crippen molar-refractivity contribution in [3.8, 4) is 11.5 Å². The number of carboxylic acids is 1. The minimum atomic E-state index is -0.995. The molecule has 2 aromatic carbocycles. The lowest BCUT2D eigenvalue weighted by Crippen LogP contribution is -2.31. The molecular weight excluding hydrogens is 414 g/mol. The molecule has 0 saturated carbocycles.